The van der Waals surface area contributed by atoms with Crippen molar-refractivity contribution >= 4 is 5.96 Å². The summed E-state index contributed by atoms with van der Waals surface area (Å²) >= 11 is 0. The fourth-order valence-electron chi connectivity index (χ4n) is 2.75. The van der Waals surface area contributed by atoms with Crippen molar-refractivity contribution in [3.63, 3.8) is 0 Å². The third-order valence-electron chi connectivity index (χ3n) is 4.19. The summed E-state index contributed by atoms with van der Waals surface area (Å²) in [4.78, 5) is 6.78. The molecule has 0 aliphatic carbocycles. The maximum absolute atomic E-state index is 5.92. The minimum atomic E-state index is 0.502. The molecule has 0 spiro atoms. The SMILES string of the molecule is COc1ccc(CCNC(N)=NCCCN2CCOCC2)cc1OC. The number of nitrogens with zero attached hydrogens (tertiary/aromatic N) is 2. The average Bonchev–Trinajstić information content (AvgIpc) is 2.66. The molecule has 0 bridgehead atoms. The summed E-state index contributed by atoms with van der Waals surface area (Å²) in [6.07, 6.45) is 1.85. The van der Waals surface area contributed by atoms with E-state index in [-0.39, 0.29) is 0 Å². The Labute approximate surface area is 150 Å². The zero-order chi connectivity index (χ0) is 17.9. The normalized spacial score (nSPS) is 15.8. The van der Waals surface area contributed by atoms with Gasteiger partial charge in [-0.1, -0.05) is 6.07 Å². The Morgan fingerprint density at radius 3 is 2.72 bits per heavy atom. The van der Waals surface area contributed by atoms with Crippen molar-refractivity contribution in [2.24, 2.45) is 10.7 Å². The van der Waals surface area contributed by atoms with Crippen LogP contribution in [0.3, 0.4) is 0 Å². The number of benzene rings is 1. The molecule has 140 valence electrons. The summed E-state index contributed by atoms with van der Waals surface area (Å²) in [5.41, 5.74) is 7.08. The van der Waals surface area contributed by atoms with E-state index in [0.717, 1.165) is 75.8 Å². The molecule has 0 radical (unpaired) electrons. The Hall–Kier alpha value is -1.99. The first-order valence-corrected chi connectivity index (χ1v) is 8.77. The molecule has 1 fully saturated rings. The molecular formula is C18H30N4O3. The van der Waals surface area contributed by atoms with Gasteiger partial charge in [0.2, 0.25) is 0 Å². The van der Waals surface area contributed by atoms with E-state index in [9.17, 15) is 0 Å². The molecule has 2 rings (SSSR count). The van der Waals surface area contributed by atoms with Crippen LogP contribution in [-0.2, 0) is 11.2 Å². The summed E-state index contributed by atoms with van der Waals surface area (Å²) in [6.45, 7) is 6.23. The Morgan fingerprint density at radius 1 is 1.24 bits per heavy atom. The van der Waals surface area contributed by atoms with Crippen molar-refractivity contribution in [2.75, 3.05) is 60.2 Å². The third-order valence-corrected chi connectivity index (χ3v) is 4.19. The zero-order valence-electron chi connectivity index (χ0n) is 15.3. The molecule has 0 unspecified atom stereocenters. The molecule has 1 saturated heterocycles. The Kier molecular flexibility index (Phi) is 8.34. The van der Waals surface area contributed by atoms with Crippen molar-refractivity contribution in [1.82, 2.24) is 10.2 Å². The number of rotatable bonds is 9. The summed E-state index contributed by atoms with van der Waals surface area (Å²) in [5, 5.41) is 3.16. The molecular weight excluding hydrogens is 320 g/mol. The number of methoxy groups -OCH3 is 2. The Morgan fingerprint density at radius 2 is 2.00 bits per heavy atom. The van der Waals surface area contributed by atoms with Gasteiger partial charge in [0.25, 0.3) is 0 Å². The van der Waals surface area contributed by atoms with Crippen LogP contribution in [0.5, 0.6) is 11.5 Å². The Balaban J connectivity index is 1.64. The zero-order valence-corrected chi connectivity index (χ0v) is 15.3. The summed E-state index contributed by atoms with van der Waals surface area (Å²) in [7, 11) is 3.27. The van der Waals surface area contributed by atoms with Gasteiger partial charge in [-0.05, 0) is 30.5 Å². The van der Waals surface area contributed by atoms with Crippen LogP contribution in [-0.4, -0.2) is 71.0 Å². The predicted octanol–water partition coefficient (Wildman–Crippen LogP) is 0.873. The van der Waals surface area contributed by atoms with E-state index in [1.165, 1.54) is 0 Å². The first kappa shape index (κ1) is 19.3. The second-order valence-corrected chi connectivity index (χ2v) is 5.94. The van der Waals surface area contributed by atoms with Crippen molar-refractivity contribution < 1.29 is 14.2 Å². The van der Waals surface area contributed by atoms with E-state index in [0.29, 0.717) is 5.96 Å². The summed E-state index contributed by atoms with van der Waals surface area (Å²) in [6, 6.07) is 5.92. The van der Waals surface area contributed by atoms with Crippen LogP contribution in [0.15, 0.2) is 23.2 Å². The molecule has 1 aromatic rings. The maximum Gasteiger partial charge on any atom is 0.188 e. The molecule has 0 atom stereocenters. The van der Waals surface area contributed by atoms with Gasteiger partial charge in [-0.2, -0.15) is 0 Å². The molecule has 3 N–H and O–H groups in total. The van der Waals surface area contributed by atoms with Crippen LogP contribution in [0.2, 0.25) is 0 Å². The van der Waals surface area contributed by atoms with Crippen molar-refractivity contribution in [3.05, 3.63) is 23.8 Å². The highest BCUT2D eigenvalue weighted by Gasteiger charge is 2.09. The van der Waals surface area contributed by atoms with Crippen molar-refractivity contribution in [3.8, 4) is 11.5 Å². The van der Waals surface area contributed by atoms with Crippen LogP contribution in [0.1, 0.15) is 12.0 Å². The van der Waals surface area contributed by atoms with Gasteiger partial charge in [-0.25, -0.2) is 0 Å². The summed E-state index contributed by atoms with van der Waals surface area (Å²) in [5.74, 6) is 1.98. The molecule has 1 heterocycles. The van der Waals surface area contributed by atoms with E-state index < -0.39 is 0 Å². The number of morpholine rings is 1. The highest BCUT2D eigenvalue weighted by molar-refractivity contribution is 5.77. The number of aliphatic imine (C=N–C) groups is 1. The molecule has 1 aromatic carbocycles. The van der Waals surface area contributed by atoms with Crippen molar-refractivity contribution in [2.45, 2.75) is 12.8 Å². The van der Waals surface area contributed by atoms with Crippen LogP contribution in [0.25, 0.3) is 0 Å². The monoisotopic (exact) mass is 350 g/mol. The number of guanidine groups is 1. The van der Waals surface area contributed by atoms with Gasteiger partial charge in [-0.3, -0.25) is 9.89 Å². The van der Waals surface area contributed by atoms with Gasteiger partial charge in [0.1, 0.15) is 0 Å². The molecule has 0 amide bonds. The molecule has 7 heteroatoms. The van der Waals surface area contributed by atoms with Gasteiger partial charge in [-0.15, -0.1) is 0 Å². The highest BCUT2D eigenvalue weighted by Crippen LogP contribution is 2.27. The number of nitrogens with two attached hydrogens (primary N) is 1. The topological polar surface area (TPSA) is 81.3 Å². The summed E-state index contributed by atoms with van der Waals surface area (Å²) < 4.78 is 15.9. The maximum atomic E-state index is 5.92. The molecule has 0 aromatic heterocycles. The largest absolute Gasteiger partial charge is 0.493 e. The quantitative estimate of drug-likeness (QED) is 0.391. The standard InChI is InChI=1S/C18H30N4O3/c1-23-16-5-4-15(14-17(16)24-2)6-8-21-18(19)20-7-3-9-22-10-12-25-13-11-22/h4-5,14H,3,6-13H2,1-2H3,(H3,19,20,21). The molecule has 7 nitrogen and oxygen atoms in total. The number of ether oxygens (including phenoxy) is 3. The third kappa shape index (κ3) is 6.80. The smallest absolute Gasteiger partial charge is 0.188 e. The van der Waals surface area contributed by atoms with Crippen LogP contribution >= 0.6 is 0 Å². The predicted molar refractivity (Wildman–Crippen MR) is 99.6 cm³/mol. The molecule has 1 aliphatic heterocycles. The van der Waals surface area contributed by atoms with Crippen LogP contribution in [0, 0.1) is 0 Å². The number of hydrogen-bond donors (Lipinski definition) is 2. The van der Waals surface area contributed by atoms with E-state index in [4.69, 9.17) is 19.9 Å². The minimum Gasteiger partial charge on any atom is -0.493 e. The fraction of sp³-hybridized carbons (Fsp3) is 0.611. The lowest BCUT2D eigenvalue weighted by molar-refractivity contribution is 0.0377. The fourth-order valence-corrected chi connectivity index (χ4v) is 2.75. The second kappa shape index (κ2) is 10.8. The lowest BCUT2D eigenvalue weighted by Gasteiger charge is -2.26. The lowest BCUT2D eigenvalue weighted by atomic mass is 10.1. The Bertz CT molecular complexity index is 545. The average molecular weight is 350 g/mol. The van der Waals surface area contributed by atoms with Gasteiger partial charge in [0.15, 0.2) is 17.5 Å². The van der Waals surface area contributed by atoms with Crippen LogP contribution in [0.4, 0.5) is 0 Å². The van der Waals surface area contributed by atoms with Crippen molar-refractivity contribution in [1.29, 1.82) is 0 Å². The molecule has 0 saturated carbocycles. The van der Waals surface area contributed by atoms with Crippen LogP contribution < -0.4 is 20.5 Å². The van der Waals surface area contributed by atoms with E-state index in [2.05, 4.69) is 15.2 Å². The van der Waals surface area contributed by atoms with Gasteiger partial charge < -0.3 is 25.3 Å². The lowest BCUT2D eigenvalue weighted by Crippen LogP contribution is -2.37. The number of nitrogens with one attached hydrogen (secondary N) is 1. The second-order valence-electron chi connectivity index (χ2n) is 5.94. The van der Waals surface area contributed by atoms with E-state index in [1.807, 2.05) is 18.2 Å². The van der Waals surface area contributed by atoms with E-state index >= 15 is 0 Å². The highest BCUT2D eigenvalue weighted by atomic mass is 16.5. The molecule has 25 heavy (non-hydrogen) atoms. The van der Waals surface area contributed by atoms with Gasteiger partial charge >= 0.3 is 0 Å². The van der Waals surface area contributed by atoms with Gasteiger partial charge in [0, 0.05) is 32.7 Å². The van der Waals surface area contributed by atoms with E-state index in [1.54, 1.807) is 14.2 Å². The molecule has 1 aliphatic rings. The number of hydrogen-bond acceptors (Lipinski definition) is 5. The van der Waals surface area contributed by atoms with Gasteiger partial charge in [0.05, 0.1) is 27.4 Å². The first-order chi connectivity index (χ1) is 12.2. The minimum absolute atomic E-state index is 0.502. The first-order valence-electron chi connectivity index (χ1n) is 8.77.